The van der Waals surface area contributed by atoms with E-state index >= 15 is 0 Å². The number of benzene rings is 1. The number of pyridine rings is 1. The maximum Gasteiger partial charge on any atom is 0.296 e. The second kappa shape index (κ2) is 8.20. The van der Waals surface area contributed by atoms with E-state index in [4.69, 9.17) is 21.9 Å². The van der Waals surface area contributed by atoms with E-state index in [-0.39, 0.29) is 10.0 Å². The number of nitrogens with two attached hydrogens (primary N) is 1. The Balaban J connectivity index is 0.000000231. The van der Waals surface area contributed by atoms with Crippen LogP contribution in [0.5, 0.6) is 0 Å². The SMILES string of the molecule is Cc1ccc(C(N)=O)c(Br)c1.O=S(=O)(O)c1cnc(Cl)c(Br)c1. The lowest BCUT2D eigenvalue weighted by Crippen LogP contribution is -2.11. The Labute approximate surface area is 155 Å². The molecular weight excluding hydrogens is 475 g/mol. The van der Waals surface area contributed by atoms with Crippen LogP contribution in [0.15, 0.2) is 44.3 Å². The van der Waals surface area contributed by atoms with Crippen LogP contribution >= 0.6 is 43.5 Å². The third-order valence-corrected chi connectivity index (χ3v) is 5.07. The van der Waals surface area contributed by atoms with Crippen LogP contribution in [0.25, 0.3) is 0 Å². The Bertz CT molecular complexity index is 844. The molecule has 0 saturated heterocycles. The second-order valence-electron chi connectivity index (χ2n) is 4.27. The highest BCUT2D eigenvalue weighted by Crippen LogP contribution is 2.22. The van der Waals surface area contributed by atoms with E-state index in [2.05, 4.69) is 36.8 Å². The molecule has 0 unspecified atom stereocenters. The Kier molecular flexibility index (Phi) is 7.15. The first-order chi connectivity index (χ1) is 10.5. The smallest absolute Gasteiger partial charge is 0.296 e. The van der Waals surface area contributed by atoms with Gasteiger partial charge in [0.2, 0.25) is 5.91 Å². The Morgan fingerprint density at radius 2 is 1.87 bits per heavy atom. The molecule has 1 amide bonds. The summed E-state index contributed by atoms with van der Waals surface area (Å²) in [5.74, 6) is -0.406. The third kappa shape index (κ3) is 6.19. The molecule has 0 aliphatic carbocycles. The topological polar surface area (TPSA) is 110 Å². The summed E-state index contributed by atoms with van der Waals surface area (Å²) in [7, 11) is -4.19. The molecule has 0 saturated carbocycles. The highest BCUT2D eigenvalue weighted by Gasteiger charge is 2.11. The van der Waals surface area contributed by atoms with Crippen LogP contribution < -0.4 is 5.73 Å². The molecule has 6 nitrogen and oxygen atoms in total. The molecule has 0 aliphatic rings. The van der Waals surface area contributed by atoms with Gasteiger partial charge >= 0.3 is 0 Å². The third-order valence-electron chi connectivity index (χ3n) is 2.46. The molecule has 1 heterocycles. The standard InChI is InChI=1S/C8H8BrNO.C5H3BrClNO3S/c1-5-2-3-6(8(10)11)7(9)4-5;6-4-1-3(12(9,10)11)2-8-5(4)7/h2-4H,1H3,(H2,10,11);1-2H,(H,9,10,11). The number of rotatable bonds is 2. The number of hydrogen-bond donors (Lipinski definition) is 2. The van der Waals surface area contributed by atoms with E-state index < -0.39 is 16.0 Å². The molecular formula is C13H11Br2ClN2O4S. The minimum Gasteiger partial charge on any atom is -0.366 e. The van der Waals surface area contributed by atoms with E-state index in [1.807, 2.05) is 19.1 Å². The molecule has 0 aliphatic heterocycles. The van der Waals surface area contributed by atoms with Gasteiger partial charge in [0.05, 0.1) is 10.0 Å². The summed E-state index contributed by atoms with van der Waals surface area (Å²) in [6.07, 6.45) is 0.975. The van der Waals surface area contributed by atoms with Crippen molar-refractivity contribution in [2.24, 2.45) is 5.73 Å². The molecule has 0 radical (unpaired) electrons. The number of amides is 1. The first-order valence-electron chi connectivity index (χ1n) is 5.87. The van der Waals surface area contributed by atoms with Crippen molar-refractivity contribution in [3.8, 4) is 0 Å². The van der Waals surface area contributed by atoms with Gasteiger partial charge in [-0.3, -0.25) is 9.35 Å². The molecule has 2 aromatic rings. The summed E-state index contributed by atoms with van der Waals surface area (Å²) < 4.78 is 30.7. The molecule has 0 fully saturated rings. The van der Waals surface area contributed by atoms with E-state index in [9.17, 15) is 13.2 Å². The van der Waals surface area contributed by atoms with Gasteiger partial charge in [0.15, 0.2) is 0 Å². The number of aryl methyl sites for hydroxylation is 1. The van der Waals surface area contributed by atoms with Gasteiger partial charge in [-0.2, -0.15) is 8.42 Å². The second-order valence-corrected chi connectivity index (χ2v) is 7.75. The average Bonchev–Trinajstić information content (AvgIpc) is 2.41. The molecule has 0 spiro atoms. The van der Waals surface area contributed by atoms with Crippen LogP contribution in [-0.2, 0) is 10.1 Å². The van der Waals surface area contributed by atoms with E-state index in [1.54, 1.807) is 6.07 Å². The lowest BCUT2D eigenvalue weighted by atomic mass is 10.1. The lowest BCUT2D eigenvalue weighted by Gasteiger charge is -1.99. The Hall–Kier alpha value is -1.00. The number of carbonyl (C=O) groups excluding carboxylic acids is 1. The van der Waals surface area contributed by atoms with Crippen LogP contribution in [0, 0.1) is 6.92 Å². The normalized spacial score (nSPS) is 10.7. The molecule has 10 heteroatoms. The maximum absolute atomic E-state index is 10.7. The number of aromatic nitrogens is 1. The summed E-state index contributed by atoms with van der Waals surface area (Å²) in [5.41, 5.74) is 6.72. The zero-order valence-corrected chi connectivity index (χ0v) is 16.4. The van der Waals surface area contributed by atoms with Crippen molar-refractivity contribution >= 4 is 59.5 Å². The molecule has 1 aromatic carbocycles. The quantitative estimate of drug-likeness (QED) is 0.498. The summed E-state index contributed by atoms with van der Waals surface area (Å²) in [6, 6.07) is 6.59. The van der Waals surface area contributed by atoms with E-state index in [0.29, 0.717) is 10.0 Å². The average molecular weight is 487 g/mol. The van der Waals surface area contributed by atoms with Crippen molar-refractivity contribution in [3.05, 3.63) is 55.7 Å². The van der Waals surface area contributed by atoms with Crippen LogP contribution in [0.1, 0.15) is 15.9 Å². The van der Waals surface area contributed by atoms with Crippen LogP contribution in [0.4, 0.5) is 0 Å². The van der Waals surface area contributed by atoms with Crippen molar-refractivity contribution in [1.29, 1.82) is 0 Å². The molecule has 0 atom stereocenters. The van der Waals surface area contributed by atoms with Crippen LogP contribution in [0.2, 0.25) is 5.15 Å². The summed E-state index contributed by atoms with van der Waals surface area (Å²) >= 11 is 11.7. The van der Waals surface area contributed by atoms with E-state index in [1.165, 1.54) is 6.07 Å². The van der Waals surface area contributed by atoms with Gasteiger partial charge < -0.3 is 5.73 Å². The zero-order valence-electron chi connectivity index (χ0n) is 11.6. The lowest BCUT2D eigenvalue weighted by molar-refractivity contribution is 0.0999. The Morgan fingerprint density at radius 3 is 2.30 bits per heavy atom. The zero-order chi connectivity index (χ0) is 17.8. The fourth-order valence-electron chi connectivity index (χ4n) is 1.36. The molecule has 2 rings (SSSR count). The van der Waals surface area contributed by atoms with Gasteiger partial charge in [-0.1, -0.05) is 17.7 Å². The van der Waals surface area contributed by atoms with E-state index in [0.717, 1.165) is 16.2 Å². The number of carbonyl (C=O) groups is 1. The first-order valence-corrected chi connectivity index (χ1v) is 9.27. The first kappa shape index (κ1) is 20.0. The van der Waals surface area contributed by atoms with Crippen molar-refractivity contribution in [3.63, 3.8) is 0 Å². The van der Waals surface area contributed by atoms with Crippen molar-refractivity contribution in [1.82, 2.24) is 4.98 Å². The van der Waals surface area contributed by atoms with Crippen molar-refractivity contribution in [2.75, 3.05) is 0 Å². The predicted octanol–water partition coefficient (Wildman–Crippen LogP) is 3.60. The molecule has 124 valence electrons. The molecule has 3 N–H and O–H groups in total. The number of hydrogen-bond acceptors (Lipinski definition) is 4. The number of primary amides is 1. The van der Waals surface area contributed by atoms with Gasteiger partial charge in [-0.25, -0.2) is 4.98 Å². The summed E-state index contributed by atoms with van der Waals surface area (Å²) in [5, 5.41) is 0.141. The van der Waals surface area contributed by atoms with Gasteiger partial charge in [0, 0.05) is 10.7 Å². The van der Waals surface area contributed by atoms with Gasteiger partial charge in [-0.05, 0) is 62.5 Å². The molecule has 1 aromatic heterocycles. The summed E-state index contributed by atoms with van der Waals surface area (Å²) in [4.78, 5) is 14.0. The maximum atomic E-state index is 10.7. The largest absolute Gasteiger partial charge is 0.366 e. The van der Waals surface area contributed by atoms with Gasteiger partial charge in [0.25, 0.3) is 10.1 Å². The van der Waals surface area contributed by atoms with Crippen LogP contribution in [0.3, 0.4) is 0 Å². The predicted molar refractivity (Wildman–Crippen MR) is 94.2 cm³/mol. The monoisotopic (exact) mass is 484 g/mol. The van der Waals surface area contributed by atoms with Gasteiger partial charge in [0.1, 0.15) is 10.0 Å². The number of halogens is 3. The van der Waals surface area contributed by atoms with Crippen molar-refractivity contribution < 1.29 is 17.8 Å². The Morgan fingerprint density at radius 1 is 1.26 bits per heavy atom. The molecule has 0 bridgehead atoms. The fourth-order valence-corrected chi connectivity index (χ4v) is 3.11. The minimum absolute atomic E-state index is 0.141. The highest BCUT2D eigenvalue weighted by atomic mass is 79.9. The highest BCUT2D eigenvalue weighted by molar-refractivity contribution is 9.10. The minimum atomic E-state index is -4.19. The molecule has 23 heavy (non-hydrogen) atoms. The van der Waals surface area contributed by atoms with Crippen molar-refractivity contribution in [2.45, 2.75) is 11.8 Å². The summed E-state index contributed by atoms with van der Waals surface area (Å²) in [6.45, 7) is 1.95. The van der Waals surface area contributed by atoms with Crippen LogP contribution in [-0.4, -0.2) is 23.9 Å². The van der Waals surface area contributed by atoms with Gasteiger partial charge in [-0.15, -0.1) is 0 Å². The fraction of sp³-hybridized carbons (Fsp3) is 0.0769. The number of nitrogens with zero attached hydrogens (tertiary/aromatic N) is 1.